The number of nitrogens with zero attached hydrogens (tertiary/aromatic N) is 1. The molecule has 1 aromatic carbocycles. The molecule has 0 aliphatic heterocycles. The molecular formula is C18H32N4O2S. The summed E-state index contributed by atoms with van der Waals surface area (Å²) in [5.74, 6) is 0.720. The molecule has 0 aromatic heterocycles. The number of nitrogens with one attached hydrogen (secondary N) is 3. The van der Waals surface area contributed by atoms with Gasteiger partial charge in [-0.15, -0.1) is 0 Å². The van der Waals surface area contributed by atoms with E-state index in [-0.39, 0.29) is 5.41 Å². The first kappa shape index (κ1) is 21.4. The first-order valence-corrected chi connectivity index (χ1v) is 10.6. The Morgan fingerprint density at radius 2 is 1.76 bits per heavy atom. The maximum atomic E-state index is 11.0. The van der Waals surface area contributed by atoms with Gasteiger partial charge in [0.05, 0.1) is 6.26 Å². The van der Waals surface area contributed by atoms with Gasteiger partial charge in [-0.05, 0) is 24.0 Å². The van der Waals surface area contributed by atoms with E-state index >= 15 is 0 Å². The van der Waals surface area contributed by atoms with Gasteiger partial charge < -0.3 is 10.6 Å². The Labute approximate surface area is 152 Å². The predicted molar refractivity (Wildman–Crippen MR) is 106 cm³/mol. The van der Waals surface area contributed by atoms with Gasteiger partial charge in [0.15, 0.2) is 5.96 Å². The third kappa shape index (κ3) is 8.36. The zero-order chi connectivity index (χ0) is 18.9. The van der Waals surface area contributed by atoms with E-state index in [1.807, 2.05) is 0 Å². The average Bonchev–Trinajstić information content (AvgIpc) is 2.56. The van der Waals surface area contributed by atoms with Crippen LogP contribution < -0.4 is 15.4 Å². The molecule has 3 N–H and O–H groups in total. The summed E-state index contributed by atoms with van der Waals surface area (Å²) in [6.07, 6.45) is 2.90. The van der Waals surface area contributed by atoms with E-state index < -0.39 is 10.0 Å². The summed E-state index contributed by atoms with van der Waals surface area (Å²) in [4.78, 5) is 4.21. The van der Waals surface area contributed by atoms with E-state index in [1.165, 1.54) is 11.1 Å². The third-order valence-corrected chi connectivity index (χ3v) is 4.80. The molecule has 0 spiro atoms. The molecule has 0 radical (unpaired) electrons. The molecule has 7 heteroatoms. The van der Waals surface area contributed by atoms with Crippen molar-refractivity contribution >= 4 is 16.0 Å². The fraction of sp³-hybridized carbons (Fsp3) is 0.611. The van der Waals surface area contributed by atoms with Crippen molar-refractivity contribution in [2.24, 2.45) is 4.99 Å². The molecule has 0 saturated heterocycles. The molecule has 0 saturated carbocycles. The van der Waals surface area contributed by atoms with E-state index in [4.69, 9.17) is 0 Å². The molecule has 1 aromatic rings. The minimum atomic E-state index is -3.12. The highest BCUT2D eigenvalue weighted by Crippen LogP contribution is 2.22. The van der Waals surface area contributed by atoms with Crippen LogP contribution in [0.1, 0.15) is 38.3 Å². The van der Waals surface area contributed by atoms with Crippen LogP contribution in [0.5, 0.6) is 0 Å². The SMILES string of the molecule is CCc1ccc(C(C)(C)CNC(=NC)NCCCNS(C)(=O)=O)cc1. The average molecular weight is 369 g/mol. The van der Waals surface area contributed by atoms with Gasteiger partial charge in [-0.1, -0.05) is 45.0 Å². The normalized spacial score (nSPS) is 12.9. The van der Waals surface area contributed by atoms with E-state index in [0.717, 1.165) is 25.2 Å². The van der Waals surface area contributed by atoms with Gasteiger partial charge in [-0.25, -0.2) is 13.1 Å². The minimum Gasteiger partial charge on any atom is -0.356 e. The van der Waals surface area contributed by atoms with E-state index in [1.54, 1.807) is 7.05 Å². The van der Waals surface area contributed by atoms with Gasteiger partial charge in [-0.3, -0.25) is 4.99 Å². The van der Waals surface area contributed by atoms with Crippen molar-refractivity contribution in [3.05, 3.63) is 35.4 Å². The highest BCUT2D eigenvalue weighted by molar-refractivity contribution is 7.88. The first-order valence-electron chi connectivity index (χ1n) is 8.66. The molecule has 0 bridgehead atoms. The van der Waals surface area contributed by atoms with Crippen LogP contribution in [0.15, 0.2) is 29.3 Å². The lowest BCUT2D eigenvalue weighted by Gasteiger charge is -2.27. The van der Waals surface area contributed by atoms with Crippen LogP contribution in [-0.4, -0.2) is 47.3 Å². The van der Waals surface area contributed by atoms with Crippen molar-refractivity contribution in [1.82, 2.24) is 15.4 Å². The fourth-order valence-corrected chi connectivity index (χ4v) is 2.89. The smallest absolute Gasteiger partial charge is 0.208 e. The first-order chi connectivity index (χ1) is 11.7. The Hall–Kier alpha value is -1.60. The number of guanidine groups is 1. The second-order valence-corrected chi connectivity index (χ2v) is 8.64. The Bertz CT molecular complexity index is 652. The zero-order valence-electron chi connectivity index (χ0n) is 16.0. The van der Waals surface area contributed by atoms with Crippen LogP contribution in [0.25, 0.3) is 0 Å². The van der Waals surface area contributed by atoms with Crippen LogP contribution in [0.4, 0.5) is 0 Å². The largest absolute Gasteiger partial charge is 0.356 e. The topological polar surface area (TPSA) is 82.6 Å². The standard InChI is InChI=1S/C18H32N4O2S/c1-6-15-8-10-16(11-9-15)18(2,3)14-21-17(19-4)20-12-7-13-22-25(5,23)24/h8-11,22H,6-7,12-14H2,1-5H3,(H2,19,20,21). The number of aryl methyl sites for hydroxylation is 1. The third-order valence-electron chi connectivity index (χ3n) is 4.08. The van der Waals surface area contributed by atoms with Gasteiger partial charge in [0.1, 0.15) is 0 Å². The van der Waals surface area contributed by atoms with Crippen LogP contribution in [0.2, 0.25) is 0 Å². The summed E-state index contributed by atoms with van der Waals surface area (Å²) in [7, 11) is -1.39. The molecular weight excluding hydrogens is 336 g/mol. The summed E-state index contributed by atoms with van der Waals surface area (Å²) in [5.41, 5.74) is 2.60. The zero-order valence-corrected chi connectivity index (χ0v) is 16.8. The van der Waals surface area contributed by atoms with Crippen molar-refractivity contribution in [3.8, 4) is 0 Å². The monoisotopic (exact) mass is 368 g/mol. The van der Waals surface area contributed by atoms with Crippen LogP contribution >= 0.6 is 0 Å². The van der Waals surface area contributed by atoms with Gasteiger partial charge in [0.25, 0.3) is 0 Å². The molecule has 1 rings (SSSR count). The molecule has 0 heterocycles. The second kappa shape index (κ2) is 9.77. The molecule has 142 valence electrons. The maximum Gasteiger partial charge on any atom is 0.208 e. The molecule has 0 fully saturated rings. The molecule has 0 aliphatic carbocycles. The Balaban J connectivity index is 2.44. The number of aliphatic imine (C=N–C) groups is 1. The van der Waals surface area contributed by atoms with Crippen LogP contribution in [0, 0.1) is 0 Å². The Morgan fingerprint density at radius 1 is 1.12 bits per heavy atom. The van der Waals surface area contributed by atoms with Crippen molar-refractivity contribution in [3.63, 3.8) is 0 Å². The number of benzene rings is 1. The summed E-state index contributed by atoms with van der Waals surface area (Å²) in [5, 5.41) is 6.55. The van der Waals surface area contributed by atoms with Crippen molar-refractivity contribution in [2.75, 3.05) is 32.9 Å². The van der Waals surface area contributed by atoms with Gasteiger partial charge in [-0.2, -0.15) is 0 Å². The number of sulfonamides is 1. The molecule has 0 amide bonds. The van der Waals surface area contributed by atoms with Crippen molar-refractivity contribution in [1.29, 1.82) is 0 Å². The van der Waals surface area contributed by atoms with E-state index in [9.17, 15) is 8.42 Å². The summed E-state index contributed by atoms with van der Waals surface area (Å²) in [6, 6.07) is 8.74. The Morgan fingerprint density at radius 3 is 2.28 bits per heavy atom. The molecule has 0 aliphatic rings. The van der Waals surface area contributed by atoms with Crippen LogP contribution in [-0.2, 0) is 21.9 Å². The molecule has 0 unspecified atom stereocenters. The van der Waals surface area contributed by atoms with Crippen LogP contribution in [0.3, 0.4) is 0 Å². The molecule has 25 heavy (non-hydrogen) atoms. The lowest BCUT2D eigenvalue weighted by Crippen LogP contribution is -2.44. The van der Waals surface area contributed by atoms with Gasteiger partial charge >= 0.3 is 0 Å². The highest BCUT2D eigenvalue weighted by Gasteiger charge is 2.20. The van der Waals surface area contributed by atoms with Crippen molar-refractivity contribution < 1.29 is 8.42 Å². The number of hydrogen-bond donors (Lipinski definition) is 3. The maximum absolute atomic E-state index is 11.0. The highest BCUT2D eigenvalue weighted by atomic mass is 32.2. The lowest BCUT2D eigenvalue weighted by molar-refractivity contribution is 0.508. The summed E-state index contributed by atoms with van der Waals surface area (Å²) in [6.45, 7) is 8.36. The minimum absolute atomic E-state index is 0.0261. The second-order valence-electron chi connectivity index (χ2n) is 6.81. The van der Waals surface area contributed by atoms with E-state index in [0.29, 0.717) is 19.5 Å². The summed E-state index contributed by atoms with van der Waals surface area (Å²) < 4.78 is 24.5. The van der Waals surface area contributed by atoms with Crippen molar-refractivity contribution in [2.45, 2.75) is 39.0 Å². The number of hydrogen-bond acceptors (Lipinski definition) is 3. The molecule has 0 atom stereocenters. The van der Waals surface area contributed by atoms with E-state index in [2.05, 4.69) is 65.4 Å². The molecule has 6 nitrogen and oxygen atoms in total. The fourth-order valence-electron chi connectivity index (χ4n) is 2.37. The number of rotatable bonds is 9. The van der Waals surface area contributed by atoms with Gasteiger partial charge in [0, 0.05) is 32.1 Å². The lowest BCUT2D eigenvalue weighted by atomic mass is 9.84. The summed E-state index contributed by atoms with van der Waals surface area (Å²) >= 11 is 0. The quantitative estimate of drug-likeness (QED) is 0.351. The predicted octanol–water partition coefficient (Wildman–Crippen LogP) is 1.63. The Kier molecular flexibility index (Phi) is 8.38. The van der Waals surface area contributed by atoms with Gasteiger partial charge in [0.2, 0.25) is 10.0 Å².